The van der Waals surface area contributed by atoms with Crippen LogP contribution in [0, 0.1) is 5.92 Å². The summed E-state index contributed by atoms with van der Waals surface area (Å²) in [6, 6.07) is 12.9. The third-order valence-electron chi connectivity index (χ3n) is 5.80. The van der Waals surface area contributed by atoms with Gasteiger partial charge in [0.1, 0.15) is 11.5 Å². The van der Waals surface area contributed by atoms with Crippen molar-refractivity contribution in [3.63, 3.8) is 0 Å². The SMILES string of the molecule is COC(=O)c1ccc(CN2CCC[C@@H](CCC(=O)Nc3cc(OC)cc(OC)c3)C2)cc1. The number of hydrogen-bond donors (Lipinski definition) is 1. The van der Waals surface area contributed by atoms with Gasteiger partial charge in [0.2, 0.25) is 5.91 Å². The standard InChI is InChI=1S/C25H32N2O5/c1-30-22-13-21(14-23(15-22)31-2)26-24(28)11-8-18-5-4-12-27(16-18)17-19-6-9-20(10-7-19)25(29)32-3/h6-7,9-10,13-15,18H,4-5,8,11-12,16-17H2,1-3H3,(H,26,28)/t18-/m0/s1. The zero-order valence-corrected chi connectivity index (χ0v) is 19.1. The fraction of sp³-hybridized carbons (Fsp3) is 0.440. The monoisotopic (exact) mass is 440 g/mol. The van der Waals surface area contributed by atoms with Gasteiger partial charge in [-0.3, -0.25) is 9.69 Å². The van der Waals surface area contributed by atoms with Crippen molar-refractivity contribution in [2.45, 2.75) is 32.2 Å². The number of likely N-dealkylation sites (tertiary alicyclic amines) is 1. The molecule has 0 aromatic heterocycles. The van der Waals surface area contributed by atoms with Gasteiger partial charge in [-0.25, -0.2) is 4.79 Å². The Morgan fingerprint density at radius 3 is 2.34 bits per heavy atom. The molecule has 0 saturated carbocycles. The lowest BCUT2D eigenvalue weighted by Gasteiger charge is -2.32. The fourth-order valence-electron chi connectivity index (χ4n) is 4.09. The predicted octanol–water partition coefficient (Wildman–Crippen LogP) is 4.12. The Bertz CT molecular complexity index is 891. The van der Waals surface area contributed by atoms with Gasteiger partial charge in [0.05, 0.1) is 26.9 Å². The molecule has 1 atom stereocenters. The third-order valence-corrected chi connectivity index (χ3v) is 5.80. The molecule has 0 radical (unpaired) electrons. The van der Waals surface area contributed by atoms with Crippen LogP contribution in [0.25, 0.3) is 0 Å². The van der Waals surface area contributed by atoms with Gasteiger partial charge >= 0.3 is 5.97 Å². The number of piperidine rings is 1. The van der Waals surface area contributed by atoms with Crippen LogP contribution in [-0.4, -0.2) is 51.2 Å². The van der Waals surface area contributed by atoms with Crippen LogP contribution < -0.4 is 14.8 Å². The van der Waals surface area contributed by atoms with Crippen molar-refractivity contribution in [3.8, 4) is 11.5 Å². The van der Waals surface area contributed by atoms with E-state index < -0.39 is 0 Å². The molecule has 1 saturated heterocycles. The van der Waals surface area contributed by atoms with Gasteiger partial charge in [0.25, 0.3) is 0 Å². The van der Waals surface area contributed by atoms with E-state index in [2.05, 4.69) is 10.2 Å². The number of ether oxygens (including phenoxy) is 3. The summed E-state index contributed by atoms with van der Waals surface area (Å²) in [6.45, 7) is 2.86. The van der Waals surface area contributed by atoms with E-state index in [0.717, 1.165) is 38.9 Å². The lowest BCUT2D eigenvalue weighted by molar-refractivity contribution is -0.116. The maximum atomic E-state index is 12.5. The molecule has 32 heavy (non-hydrogen) atoms. The Kier molecular flexibility index (Phi) is 8.50. The molecule has 2 aromatic carbocycles. The summed E-state index contributed by atoms with van der Waals surface area (Å²) in [4.78, 5) is 26.5. The minimum absolute atomic E-state index is 0.00386. The van der Waals surface area contributed by atoms with Crippen LogP contribution in [0.3, 0.4) is 0 Å². The molecule has 1 aliphatic heterocycles. The van der Waals surface area contributed by atoms with E-state index in [1.165, 1.54) is 12.7 Å². The number of amides is 1. The van der Waals surface area contributed by atoms with Gasteiger partial charge in [0, 0.05) is 43.4 Å². The number of anilines is 1. The maximum Gasteiger partial charge on any atom is 0.337 e. The summed E-state index contributed by atoms with van der Waals surface area (Å²) in [7, 11) is 4.56. The Morgan fingerprint density at radius 1 is 1.03 bits per heavy atom. The van der Waals surface area contributed by atoms with E-state index >= 15 is 0 Å². The van der Waals surface area contributed by atoms with E-state index in [1.807, 2.05) is 12.1 Å². The molecule has 7 heteroatoms. The number of rotatable bonds is 9. The summed E-state index contributed by atoms with van der Waals surface area (Å²) >= 11 is 0. The first kappa shape index (κ1) is 23.6. The van der Waals surface area contributed by atoms with Crippen molar-refractivity contribution in [2.75, 3.05) is 39.7 Å². The average molecular weight is 441 g/mol. The molecule has 172 valence electrons. The molecular weight excluding hydrogens is 408 g/mol. The minimum atomic E-state index is -0.319. The van der Waals surface area contributed by atoms with Crippen LogP contribution in [0.1, 0.15) is 41.6 Å². The largest absolute Gasteiger partial charge is 0.497 e. The molecule has 0 spiro atoms. The number of esters is 1. The quantitative estimate of drug-likeness (QED) is 0.591. The van der Waals surface area contributed by atoms with Gasteiger partial charge in [-0.05, 0) is 49.4 Å². The highest BCUT2D eigenvalue weighted by molar-refractivity contribution is 5.91. The molecule has 0 aliphatic carbocycles. The number of nitrogens with zero attached hydrogens (tertiary/aromatic N) is 1. The summed E-state index contributed by atoms with van der Waals surface area (Å²) in [5, 5.41) is 2.95. The molecule has 1 N–H and O–H groups in total. The zero-order valence-electron chi connectivity index (χ0n) is 19.1. The molecule has 0 bridgehead atoms. The first-order valence-corrected chi connectivity index (χ1v) is 10.9. The van der Waals surface area contributed by atoms with Gasteiger partial charge in [-0.15, -0.1) is 0 Å². The first-order chi connectivity index (χ1) is 15.5. The van der Waals surface area contributed by atoms with Crippen LogP contribution in [0.4, 0.5) is 5.69 Å². The van der Waals surface area contributed by atoms with E-state index in [-0.39, 0.29) is 11.9 Å². The van der Waals surface area contributed by atoms with Gasteiger partial charge in [-0.1, -0.05) is 12.1 Å². The van der Waals surface area contributed by atoms with E-state index in [0.29, 0.717) is 35.1 Å². The number of nitrogens with one attached hydrogen (secondary N) is 1. The van der Waals surface area contributed by atoms with Crippen molar-refractivity contribution < 1.29 is 23.8 Å². The normalized spacial score (nSPS) is 16.3. The summed E-state index contributed by atoms with van der Waals surface area (Å²) in [5.74, 6) is 1.45. The Balaban J connectivity index is 1.47. The maximum absolute atomic E-state index is 12.5. The van der Waals surface area contributed by atoms with Crippen LogP contribution in [0.15, 0.2) is 42.5 Å². The number of carbonyl (C=O) groups excluding carboxylic acids is 2. The topological polar surface area (TPSA) is 77.1 Å². The highest BCUT2D eigenvalue weighted by Gasteiger charge is 2.21. The highest BCUT2D eigenvalue weighted by atomic mass is 16.5. The molecule has 2 aromatic rings. The smallest absolute Gasteiger partial charge is 0.337 e. The van der Waals surface area contributed by atoms with Crippen molar-refractivity contribution in [2.24, 2.45) is 5.92 Å². The molecule has 0 unspecified atom stereocenters. The second-order valence-corrected chi connectivity index (χ2v) is 8.12. The average Bonchev–Trinajstić information content (AvgIpc) is 2.82. The molecule has 3 rings (SSSR count). The van der Waals surface area contributed by atoms with E-state index in [1.54, 1.807) is 44.6 Å². The summed E-state index contributed by atoms with van der Waals surface area (Å²) < 4.78 is 15.3. The molecule has 1 heterocycles. The third kappa shape index (κ3) is 6.72. The summed E-state index contributed by atoms with van der Waals surface area (Å²) in [6.07, 6.45) is 3.59. The second kappa shape index (κ2) is 11.5. The number of carbonyl (C=O) groups is 2. The Morgan fingerprint density at radius 2 is 1.72 bits per heavy atom. The molecular formula is C25H32N2O5. The first-order valence-electron chi connectivity index (χ1n) is 10.9. The van der Waals surface area contributed by atoms with Gasteiger partial charge < -0.3 is 19.5 Å². The zero-order chi connectivity index (χ0) is 22.9. The number of benzene rings is 2. The predicted molar refractivity (Wildman–Crippen MR) is 123 cm³/mol. The Hall–Kier alpha value is -3.06. The molecule has 1 aliphatic rings. The molecule has 1 amide bonds. The lowest BCUT2D eigenvalue weighted by Crippen LogP contribution is -2.35. The van der Waals surface area contributed by atoms with Crippen LogP contribution in [0.5, 0.6) is 11.5 Å². The Labute approximate surface area is 189 Å². The second-order valence-electron chi connectivity index (χ2n) is 8.12. The van der Waals surface area contributed by atoms with Crippen molar-refractivity contribution in [3.05, 3.63) is 53.6 Å². The molecule has 1 fully saturated rings. The van der Waals surface area contributed by atoms with Crippen molar-refractivity contribution >= 4 is 17.6 Å². The van der Waals surface area contributed by atoms with Crippen LogP contribution in [0.2, 0.25) is 0 Å². The van der Waals surface area contributed by atoms with Crippen LogP contribution in [-0.2, 0) is 16.1 Å². The van der Waals surface area contributed by atoms with Gasteiger partial charge in [0.15, 0.2) is 0 Å². The van der Waals surface area contributed by atoms with Crippen LogP contribution >= 0.6 is 0 Å². The summed E-state index contributed by atoms with van der Waals surface area (Å²) in [5.41, 5.74) is 2.40. The number of hydrogen-bond acceptors (Lipinski definition) is 6. The number of methoxy groups -OCH3 is 3. The van der Waals surface area contributed by atoms with E-state index in [4.69, 9.17) is 14.2 Å². The molecule has 7 nitrogen and oxygen atoms in total. The van der Waals surface area contributed by atoms with Crippen molar-refractivity contribution in [1.29, 1.82) is 0 Å². The minimum Gasteiger partial charge on any atom is -0.497 e. The van der Waals surface area contributed by atoms with E-state index in [9.17, 15) is 9.59 Å². The highest BCUT2D eigenvalue weighted by Crippen LogP contribution is 2.27. The fourth-order valence-corrected chi connectivity index (χ4v) is 4.09. The lowest BCUT2D eigenvalue weighted by atomic mass is 9.93. The van der Waals surface area contributed by atoms with Gasteiger partial charge in [-0.2, -0.15) is 0 Å². The van der Waals surface area contributed by atoms with Crippen molar-refractivity contribution in [1.82, 2.24) is 4.90 Å².